The highest BCUT2D eigenvalue weighted by Gasteiger charge is 2.18. The van der Waals surface area contributed by atoms with Gasteiger partial charge in [-0.3, -0.25) is 14.5 Å². The number of amides is 1. The van der Waals surface area contributed by atoms with Crippen molar-refractivity contribution in [2.75, 3.05) is 39.2 Å². The average Bonchev–Trinajstić information content (AvgIpc) is 3.28. The molecule has 0 saturated heterocycles. The average molecular weight is 488 g/mol. The second-order valence-electron chi connectivity index (χ2n) is 7.23. The number of halogens is 1. The molecule has 0 aliphatic heterocycles. The number of benzene rings is 2. The van der Waals surface area contributed by atoms with Crippen LogP contribution in [0.3, 0.4) is 0 Å². The molecule has 0 atom stereocenters. The summed E-state index contributed by atoms with van der Waals surface area (Å²) in [6.07, 6.45) is 0. The van der Waals surface area contributed by atoms with Crippen molar-refractivity contribution in [2.24, 2.45) is 0 Å². The maximum atomic E-state index is 13.2. The van der Waals surface area contributed by atoms with E-state index in [2.05, 4.69) is 10.3 Å². The van der Waals surface area contributed by atoms with Crippen LogP contribution in [-0.2, 0) is 20.9 Å². The van der Waals surface area contributed by atoms with Crippen molar-refractivity contribution >= 4 is 28.3 Å². The second kappa shape index (κ2) is 12.1. The lowest BCUT2D eigenvalue weighted by Crippen LogP contribution is -2.37. The van der Waals surface area contributed by atoms with Crippen molar-refractivity contribution in [1.29, 1.82) is 0 Å². The molecule has 0 spiro atoms. The Kier molecular flexibility index (Phi) is 8.94. The van der Waals surface area contributed by atoms with Crippen LogP contribution in [0.1, 0.15) is 12.5 Å². The zero-order valence-corrected chi connectivity index (χ0v) is 20.0. The lowest BCUT2D eigenvalue weighted by molar-refractivity contribution is -0.144. The van der Waals surface area contributed by atoms with E-state index in [0.717, 1.165) is 11.1 Å². The van der Waals surface area contributed by atoms with Crippen LogP contribution in [0.15, 0.2) is 47.8 Å². The molecule has 0 saturated carbocycles. The van der Waals surface area contributed by atoms with Crippen molar-refractivity contribution in [2.45, 2.75) is 13.5 Å². The van der Waals surface area contributed by atoms with Crippen LogP contribution in [-0.4, -0.2) is 55.7 Å². The summed E-state index contributed by atoms with van der Waals surface area (Å²) < 4.78 is 28.9. The molecule has 3 rings (SSSR count). The minimum Gasteiger partial charge on any atom is -0.497 e. The van der Waals surface area contributed by atoms with E-state index in [9.17, 15) is 14.0 Å². The van der Waals surface area contributed by atoms with Crippen LogP contribution in [0, 0.1) is 5.82 Å². The Balaban J connectivity index is 1.68. The predicted octanol–water partition coefficient (Wildman–Crippen LogP) is 3.97. The number of rotatable bonds is 11. The molecule has 8 nitrogen and oxygen atoms in total. The van der Waals surface area contributed by atoms with E-state index in [1.54, 1.807) is 50.3 Å². The summed E-state index contributed by atoms with van der Waals surface area (Å²) in [6, 6.07) is 11.3. The second-order valence-corrected chi connectivity index (χ2v) is 8.09. The molecule has 34 heavy (non-hydrogen) atoms. The highest BCUT2D eigenvalue weighted by molar-refractivity contribution is 7.14. The first-order valence-electron chi connectivity index (χ1n) is 10.5. The molecule has 1 heterocycles. The first-order valence-corrected chi connectivity index (χ1v) is 11.4. The minimum atomic E-state index is -0.444. The number of aromatic nitrogens is 1. The van der Waals surface area contributed by atoms with Crippen LogP contribution in [0.25, 0.3) is 11.3 Å². The number of hydrogen-bond donors (Lipinski definition) is 1. The van der Waals surface area contributed by atoms with E-state index in [0.29, 0.717) is 22.3 Å². The molecular formula is C24H26FN3O5S. The molecule has 2 aromatic carbocycles. The van der Waals surface area contributed by atoms with E-state index in [-0.39, 0.29) is 38.0 Å². The summed E-state index contributed by atoms with van der Waals surface area (Å²) in [6.45, 7) is 2.08. The largest absolute Gasteiger partial charge is 0.497 e. The van der Waals surface area contributed by atoms with Crippen LogP contribution < -0.4 is 14.8 Å². The Morgan fingerprint density at radius 3 is 2.53 bits per heavy atom. The molecule has 0 radical (unpaired) electrons. The number of carbonyl (C=O) groups excluding carboxylic acids is 2. The summed E-state index contributed by atoms with van der Waals surface area (Å²) in [5.74, 6) is 0.121. The van der Waals surface area contributed by atoms with Crippen molar-refractivity contribution in [3.63, 3.8) is 0 Å². The van der Waals surface area contributed by atoms with Crippen molar-refractivity contribution in [3.05, 3.63) is 59.2 Å². The van der Waals surface area contributed by atoms with E-state index in [1.807, 2.05) is 11.4 Å². The van der Waals surface area contributed by atoms with Crippen LogP contribution in [0.4, 0.5) is 9.52 Å². The quantitative estimate of drug-likeness (QED) is 0.409. The number of anilines is 1. The molecule has 0 unspecified atom stereocenters. The monoisotopic (exact) mass is 487 g/mol. The Morgan fingerprint density at radius 2 is 1.85 bits per heavy atom. The molecular weight excluding hydrogens is 461 g/mol. The molecule has 180 valence electrons. The van der Waals surface area contributed by atoms with Gasteiger partial charge in [-0.2, -0.15) is 0 Å². The smallest absolute Gasteiger partial charge is 0.320 e. The van der Waals surface area contributed by atoms with Crippen LogP contribution in [0.2, 0.25) is 0 Å². The lowest BCUT2D eigenvalue weighted by atomic mass is 10.1. The number of hydrogen-bond acceptors (Lipinski definition) is 8. The van der Waals surface area contributed by atoms with Crippen molar-refractivity contribution in [3.8, 4) is 22.8 Å². The lowest BCUT2D eigenvalue weighted by Gasteiger charge is -2.20. The molecule has 0 bridgehead atoms. The van der Waals surface area contributed by atoms with Gasteiger partial charge in [0, 0.05) is 23.6 Å². The molecule has 1 amide bonds. The van der Waals surface area contributed by atoms with Gasteiger partial charge in [-0.1, -0.05) is 12.1 Å². The summed E-state index contributed by atoms with van der Waals surface area (Å²) in [4.78, 5) is 30.9. The molecule has 0 aliphatic rings. The first-order chi connectivity index (χ1) is 16.4. The van der Waals surface area contributed by atoms with Gasteiger partial charge in [0.1, 0.15) is 17.3 Å². The van der Waals surface area contributed by atoms with Gasteiger partial charge in [0.05, 0.1) is 39.6 Å². The highest BCUT2D eigenvalue weighted by Crippen LogP contribution is 2.34. The Morgan fingerprint density at radius 1 is 1.09 bits per heavy atom. The Labute approximate surface area is 201 Å². The first kappa shape index (κ1) is 25.1. The maximum absolute atomic E-state index is 13.2. The number of thiazole rings is 1. The summed E-state index contributed by atoms with van der Waals surface area (Å²) in [7, 11) is 3.14. The van der Waals surface area contributed by atoms with Gasteiger partial charge in [-0.05, 0) is 36.8 Å². The van der Waals surface area contributed by atoms with E-state index in [4.69, 9.17) is 14.2 Å². The third-order valence-electron chi connectivity index (χ3n) is 4.78. The third kappa shape index (κ3) is 7.00. The number of esters is 1. The number of nitrogens with one attached hydrogen (secondary N) is 1. The van der Waals surface area contributed by atoms with Gasteiger partial charge < -0.3 is 19.5 Å². The van der Waals surface area contributed by atoms with Gasteiger partial charge in [-0.15, -0.1) is 11.3 Å². The van der Waals surface area contributed by atoms with Crippen LogP contribution in [0.5, 0.6) is 11.5 Å². The fourth-order valence-electron chi connectivity index (χ4n) is 3.23. The topological polar surface area (TPSA) is 90.0 Å². The summed E-state index contributed by atoms with van der Waals surface area (Å²) in [5.41, 5.74) is 2.18. The van der Waals surface area contributed by atoms with E-state index in [1.165, 1.54) is 23.5 Å². The molecule has 0 fully saturated rings. The van der Waals surface area contributed by atoms with Gasteiger partial charge in [0.2, 0.25) is 5.91 Å². The zero-order chi connectivity index (χ0) is 24.5. The normalized spacial score (nSPS) is 10.7. The fraction of sp³-hybridized carbons (Fsp3) is 0.292. The fourth-order valence-corrected chi connectivity index (χ4v) is 3.96. The molecule has 0 aliphatic carbocycles. The van der Waals surface area contributed by atoms with Gasteiger partial charge >= 0.3 is 5.97 Å². The van der Waals surface area contributed by atoms with Crippen molar-refractivity contribution < 1.29 is 28.2 Å². The Hall–Kier alpha value is -3.50. The number of carbonyl (C=O) groups is 2. The van der Waals surface area contributed by atoms with Crippen molar-refractivity contribution in [1.82, 2.24) is 9.88 Å². The molecule has 3 aromatic rings. The van der Waals surface area contributed by atoms with Gasteiger partial charge in [-0.25, -0.2) is 9.37 Å². The third-order valence-corrected chi connectivity index (χ3v) is 5.54. The maximum Gasteiger partial charge on any atom is 0.320 e. The molecule has 10 heteroatoms. The standard InChI is InChI=1S/C24H26FN3O5S/c1-4-33-23(30)14-28(12-16-5-7-17(25)8-6-16)13-22(29)27-24-26-20(15-34-24)19-10-9-18(31-2)11-21(19)32-3/h5-11,15H,4,12-14H2,1-3H3,(H,26,27,29). The minimum absolute atomic E-state index is 0.0725. The summed E-state index contributed by atoms with van der Waals surface area (Å²) in [5, 5.41) is 5.00. The van der Waals surface area contributed by atoms with E-state index < -0.39 is 5.97 Å². The van der Waals surface area contributed by atoms with Gasteiger partial charge in [0.15, 0.2) is 5.13 Å². The number of nitrogens with zero attached hydrogens (tertiary/aromatic N) is 2. The highest BCUT2D eigenvalue weighted by atomic mass is 32.1. The molecule has 1 N–H and O–H groups in total. The Bertz CT molecular complexity index is 1120. The van der Waals surface area contributed by atoms with E-state index >= 15 is 0 Å². The van der Waals surface area contributed by atoms with Gasteiger partial charge in [0.25, 0.3) is 0 Å². The molecule has 1 aromatic heterocycles. The summed E-state index contributed by atoms with van der Waals surface area (Å²) >= 11 is 1.27. The SMILES string of the molecule is CCOC(=O)CN(CC(=O)Nc1nc(-c2ccc(OC)cc2OC)cs1)Cc1ccc(F)cc1. The number of methoxy groups -OCH3 is 2. The predicted molar refractivity (Wildman–Crippen MR) is 128 cm³/mol. The number of ether oxygens (including phenoxy) is 3. The van der Waals surface area contributed by atoms with Crippen LogP contribution >= 0.6 is 11.3 Å². The zero-order valence-electron chi connectivity index (χ0n) is 19.2.